The highest BCUT2D eigenvalue weighted by atomic mass is 16.5. The maximum Gasteiger partial charge on any atom is 0.338 e. The quantitative estimate of drug-likeness (QED) is 0.295. The fourth-order valence-corrected chi connectivity index (χ4v) is 3.04. The predicted octanol–water partition coefficient (Wildman–Crippen LogP) is 3.95. The number of anilines is 2. The summed E-state index contributed by atoms with van der Waals surface area (Å²) in [4.78, 5) is 48.1. The van der Waals surface area contributed by atoms with Gasteiger partial charge in [-0.2, -0.15) is 0 Å². The van der Waals surface area contributed by atoms with Crippen LogP contribution >= 0.6 is 0 Å². The molecule has 0 aliphatic rings. The summed E-state index contributed by atoms with van der Waals surface area (Å²) in [6.45, 7) is 1.93. The molecule has 0 saturated heterocycles. The highest BCUT2D eigenvalue weighted by Gasteiger charge is 2.13. The van der Waals surface area contributed by atoms with Crippen LogP contribution in [0.1, 0.15) is 49.4 Å². The molecule has 10 nitrogen and oxygen atoms in total. The molecule has 0 bridgehead atoms. The zero-order valence-electron chi connectivity index (χ0n) is 20.8. The van der Waals surface area contributed by atoms with Gasteiger partial charge in [-0.25, -0.2) is 4.79 Å². The lowest BCUT2D eigenvalue weighted by Gasteiger charge is -2.12. The van der Waals surface area contributed by atoms with Gasteiger partial charge in [0.25, 0.3) is 5.91 Å². The number of carbonyl (C=O) groups is 4. The van der Waals surface area contributed by atoms with Crippen molar-refractivity contribution in [3.63, 3.8) is 0 Å². The summed E-state index contributed by atoms with van der Waals surface area (Å²) in [5, 5.41) is 5.23. The highest BCUT2D eigenvalue weighted by Crippen LogP contribution is 2.28. The fourth-order valence-electron chi connectivity index (χ4n) is 3.04. The van der Waals surface area contributed by atoms with Gasteiger partial charge in [0, 0.05) is 18.2 Å². The first-order valence-corrected chi connectivity index (χ1v) is 11.6. The number of ether oxygens (including phenoxy) is 4. The SMILES string of the molecule is CCCCCOC(=O)c1ccc(NC(=O)CCC(=O)OCC(=O)Nc2ccc(OC)cc2OC)cc1. The molecule has 0 spiro atoms. The lowest BCUT2D eigenvalue weighted by molar-refractivity contribution is -0.147. The van der Waals surface area contributed by atoms with Crippen LogP contribution in [0.2, 0.25) is 0 Å². The molecular weight excluding hydrogens is 468 g/mol. The van der Waals surface area contributed by atoms with Gasteiger partial charge >= 0.3 is 11.9 Å². The van der Waals surface area contributed by atoms with Crippen molar-refractivity contribution in [3.05, 3.63) is 48.0 Å². The summed E-state index contributed by atoms with van der Waals surface area (Å²) in [5.74, 6) is -1.12. The van der Waals surface area contributed by atoms with Gasteiger partial charge in [0.15, 0.2) is 6.61 Å². The van der Waals surface area contributed by atoms with Gasteiger partial charge in [-0.05, 0) is 42.8 Å². The Morgan fingerprint density at radius 3 is 2.22 bits per heavy atom. The number of carbonyl (C=O) groups excluding carboxylic acids is 4. The van der Waals surface area contributed by atoms with Crippen LogP contribution in [-0.4, -0.2) is 51.2 Å². The molecule has 0 aliphatic carbocycles. The second-order valence-electron chi connectivity index (χ2n) is 7.74. The van der Waals surface area contributed by atoms with Gasteiger partial charge in [-0.3, -0.25) is 14.4 Å². The molecule has 0 aromatic heterocycles. The zero-order valence-corrected chi connectivity index (χ0v) is 20.8. The molecular formula is C26H32N2O8. The minimum absolute atomic E-state index is 0.131. The first-order chi connectivity index (χ1) is 17.4. The molecule has 2 N–H and O–H groups in total. The summed E-state index contributed by atoms with van der Waals surface area (Å²) in [5.41, 5.74) is 1.26. The summed E-state index contributed by atoms with van der Waals surface area (Å²) in [7, 11) is 2.96. The standard InChI is InChI=1S/C26H32N2O8/c1-4-5-6-15-35-26(32)18-7-9-19(10-8-18)27-23(29)13-14-25(31)36-17-24(30)28-21-12-11-20(33-2)16-22(21)34-3/h7-12,16H,4-6,13-15,17H2,1-3H3,(H,27,29)(H,28,30). The van der Waals surface area contributed by atoms with Crippen molar-refractivity contribution < 1.29 is 38.1 Å². The van der Waals surface area contributed by atoms with Crippen molar-refractivity contribution in [2.24, 2.45) is 0 Å². The molecule has 0 aliphatic heterocycles. The van der Waals surface area contributed by atoms with Gasteiger partial charge in [0.2, 0.25) is 5.91 Å². The molecule has 2 aromatic carbocycles. The van der Waals surface area contributed by atoms with E-state index < -0.39 is 30.4 Å². The number of amides is 2. The van der Waals surface area contributed by atoms with Gasteiger partial charge in [-0.1, -0.05) is 19.8 Å². The van der Waals surface area contributed by atoms with Crippen LogP contribution in [0.25, 0.3) is 0 Å². The van der Waals surface area contributed by atoms with Crippen LogP contribution in [0.5, 0.6) is 11.5 Å². The Kier molecular flexibility index (Phi) is 11.8. The average Bonchev–Trinajstić information content (AvgIpc) is 2.89. The van der Waals surface area contributed by atoms with Crippen LogP contribution in [0, 0.1) is 0 Å². The number of benzene rings is 2. The molecule has 0 unspecified atom stereocenters. The number of rotatable bonds is 14. The van der Waals surface area contributed by atoms with Crippen LogP contribution < -0.4 is 20.1 Å². The van der Waals surface area contributed by atoms with Gasteiger partial charge < -0.3 is 29.6 Å². The van der Waals surface area contributed by atoms with E-state index in [-0.39, 0.29) is 12.8 Å². The molecule has 0 fully saturated rings. The van der Waals surface area contributed by atoms with E-state index in [0.717, 1.165) is 19.3 Å². The largest absolute Gasteiger partial charge is 0.497 e. The molecule has 0 saturated carbocycles. The van der Waals surface area contributed by atoms with Crippen molar-refractivity contribution >= 4 is 35.1 Å². The number of nitrogens with one attached hydrogen (secondary N) is 2. The lowest BCUT2D eigenvalue weighted by Crippen LogP contribution is -2.22. The first-order valence-electron chi connectivity index (χ1n) is 11.6. The Balaban J connectivity index is 1.70. The molecule has 0 atom stereocenters. The Labute approximate surface area is 210 Å². The molecule has 0 radical (unpaired) electrons. The molecule has 2 aromatic rings. The third-order valence-corrected chi connectivity index (χ3v) is 4.99. The van der Waals surface area contributed by atoms with Crippen molar-refractivity contribution in [2.45, 2.75) is 39.0 Å². The number of esters is 2. The maximum atomic E-state index is 12.1. The smallest absolute Gasteiger partial charge is 0.338 e. The van der Waals surface area contributed by atoms with Crippen molar-refractivity contribution in [1.82, 2.24) is 0 Å². The fraction of sp³-hybridized carbons (Fsp3) is 0.385. The molecule has 2 rings (SSSR count). The molecule has 36 heavy (non-hydrogen) atoms. The van der Waals surface area contributed by atoms with Crippen molar-refractivity contribution in [1.29, 1.82) is 0 Å². The van der Waals surface area contributed by atoms with E-state index >= 15 is 0 Å². The molecule has 10 heteroatoms. The van der Waals surface area contributed by atoms with Crippen LogP contribution in [0.3, 0.4) is 0 Å². The zero-order chi connectivity index (χ0) is 26.3. The van der Waals surface area contributed by atoms with Crippen LogP contribution in [0.15, 0.2) is 42.5 Å². The van der Waals surface area contributed by atoms with E-state index in [1.54, 1.807) is 42.5 Å². The van der Waals surface area contributed by atoms with Crippen molar-refractivity contribution in [3.8, 4) is 11.5 Å². The predicted molar refractivity (Wildman–Crippen MR) is 133 cm³/mol. The Hall–Kier alpha value is -4.08. The Bertz CT molecular complexity index is 1040. The average molecular weight is 501 g/mol. The first kappa shape index (κ1) is 28.2. The van der Waals surface area contributed by atoms with E-state index in [4.69, 9.17) is 18.9 Å². The summed E-state index contributed by atoms with van der Waals surface area (Å²) < 4.78 is 20.4. The van der Waals surface area contributed by atoms with Crippen molar-refractivity contribution in [2.75, 3.05) is 38.1 Å². The van der Waals surface area contributed by atoms with Crippen LogP contribution in [-0.2, 0) is 23.9 Å². The summed E-state index contributed by atoms with van der Waals surface area (Å²) in [6.07, 6.45) is 2.53. The topological polar surface area (TPSA) is 129 Å². The summed E-state index contributed by atoms with van der Waals surface area (Å²) >= 11 is 0. The monoisotopic (exact) mass is 500 g/mol. The molecule has 194 valence electrons. The Morgan fingerprint density at radius 2 is 1.56 bits per heavy atom. The Morgan fingerprint density at radius 1 is 0.806 bits per heavy atom. The summed E-state index contributed by atoms with van der Waals surface area (Å²) in [6, 6.07) is 11.1. The van der Waals surface area contributed by atoms with Gasteiger partial charge in [-0.15, -0.1) is 0 Å². The minimum atomic E-state index is -0.692. The van der Waals surface area contributed by atoms with E-state index in [9.17, 15) is 19.2 Å². The van der Waals surface area contributed by atoms with Gasteiger partial charge in [0.1, 0.15) is 11.5 Å². The third kappa shape index (κ3) is 9.65. The number of methoxy groups -OCH3 is 2. The van der Waals surface area contributed by atoms with E-state index in [2.05, 4.69) is 17.6 Å². The second kappa shape index (κ2) is 15.0. The number of unbranched alkanes of at least 4 members (excludes halogenated alkanes) is 2. The highest BCUT2D eigenvalue weighted by molar-refractivity contribution is 5.96. The van der Waals surface area contributed by atoms with Crippen LogP contribution in [0.4, 0.5) is 11.4 Å². The van der Waals surface area contributed by atoms with E-state index in [0.29, 0.717) is 35.0 Å². The maximum absolute atomic E-state index is 12.1. The third-order valence-electron chi connectivity index (χ3n) is 4.99. The van der Waals surface area contributed by atoms with E-state index in [1.165, 1.54) is 14.2 Å². The van der Waals surface area contributed by atoms with E-state index in [1.807, 2.05) is 0 Å². The number of hydrogen-bond acceptors (Lipinski definition) is 8. The number of hydrogen-bond donors (Lipinski definition) is 2. The normalized spacial score (nSPS) is 10.2. The van der Waals surface area contributed by atoms with Gasteiger partial charge in [0.05, 0.1) is 38.5 Å². The lowest BCUT2D eigenvalue weighted by atomic mass is 10.2. The molecule has 2 amide bonds. The molecule has 0 heterocycles. The second-order valence-corrected chi connectivity index (χ2v) is 7.74. The minimum Gasteiger partial charge on any atom is -0.497 e.